The van der Waals surface area contributed by atoms with Gasteiger partial charge in [-0.25, -0.2) is 0 Å². The van der Waals surface area contributed by atoms with Crippen LogP contribution in [0.2, 0.25) is 0 Å². The van der Waals surface area contributed by atoms with Gasteiger partial charge in [0.1, 0.15) is 0 Å². The van der Waals surface area contributed by atoms with Gasteiger partial charge in [0.2, 0.25) is 0 Å². The van der Waals surface area contributed by atoms with Crippen LogP contribution in [0.5, 0.6) is 0 Å². The first-order valence-electron chi connectivity index (χ1n) is 15.9. The maximum absolute atomic E-state index is 11.3. The molecule has 0 unspecified atom stereocenters. The molecule has 0 amide bonds. The van der Waals surface area contributed by atoms with Crippen molar-refractivity contribution < 1.29 is 9.53 Å². The van der Waals surface area contributed by atoms with Crippen LogP contribution in [0.4, 0.5) is 0 Å². The van der Waals surface area contributed by atoms with E-state index in [0.717, 1.165) is 51.4 Å². The second-order valence-corrected chi connectivity index (χ2v) is 10.0. The molecular formula is C36H60O2. The highest BCUT2D eigenvalue weighted by Gasteiger charge is 2.00. The van der Waals surface area contributed by atoms with E-state index in [4.69, 9.17) is 4.74 Å². The van der Waals surface area contributed by atoms with Crippen LogP contribution in [0.1, 0.15) is 142 Å². The fourth-order valence-corrected chi connectivity index (χ4v) is 4.17. The SMILES string of the molecule is CC/C=C\C/C=C\C/C=C\C/C=C\C/C=C\C/C=C\CCCCCCCCCCCCCCC(=O)OCC. The van der Waals surface area contributed by atoms with Gasteiger partial charge in [-0.2, -0.15) is 0 Å². The molecule has 0 aliphatic carbocycles. The van der Waals surface area contributed by atoms with Gasteiger partial charge in [-0.15, -0.1) is 0 Å². The largest absolute Gasteiger partial charge is 0.466 e. The smallest absolute Gasteiger partial charge is 0.305 e. The number of carbonyl (C=O) groups is 1. The Morgan fingerprint density at radius 1 is 0.447 bits per heavy atom. The minimum atomic E-state index is -0.0372. The zero-order valence-corrected chi connectivity index (χ0v) is 25.1. The first-order valence-corrected chi connectivity index (χ1v) is 15.9. The molecule has 2 heteroatoms. The van der Waals surface area contributed by atoms with E-state index in [-0.39, 0.29) is 5.97 Å². The lowest BCUT2D eigenvalue weighted by molar-refractivity contribution is -0.143. The highest BCUT2D eigenvalue weighted by molar-refractivity contribution is 5.69. The van der Waals surface area contributed by atoms with Gasteiger partial charge in [0.25, 0.3) is 0 Å². The summed E-state index contributed by atoms with van der Waals surface area (Å²) in [5.41, 5.74) is 0. The Labute approximate surface area is 237 Å². The molecule has 0 rings (SSSR count). The lowest BCUT2D eigenvalue weighted by atomic mass is 10.0. The molecule has 0 heterocycles. The van der Waals surface area contributed by atoms with Crippen LogP contribution in [0, 0.1) is 0 Å². The fraction of sp³-hybridized carbons (Fsp3) is 0.639. The Morgan fingerprint density at radius 2 is 0.789 bits per heavy atom. The van der Waals surface area contributed by atoms with Crippen molar-refractivity contribution in [1.82, 2.24) is 0 Å². The van der Waals surface area contributed by atoms with Crippen LogP contribution in [0.3, 0.4) is 0 Å². The summed E-state index contributed by atoms with van der Waals surface area (Å²) < 4.78 is 4.96. The summed E-state index contributed by atoms with van der Waals surface area (Å²) in [6.07, 6.45) is 50.9. The average Bonchev–Trinajstić information content (AvgIpc) is 2.92. The molecule has 2 nitrogen and oxygen atoms in total. The number of allylic oxidation sites excluding steroid dienone is 12. The molecule has 0 aliphatic heterocycles. The Bertz CT molecular complexity index is 663. The maximum Gasteiger partial charge on any atom is 0.305 e. The van der Waals surface area contributed by atoms with Crippen LogP contribution in [-0.2, 0) is 9.53 Å². The summed E-state index contributed by atoms with van der Waals surface area (Å²) >= 11 is 0. The number of hydrogen-bond donors (Lipinski definition) is 0. The van der Waals surface area contributed by atoms with E-state index in [0.29, 0.717) is 13.0 Å². The summed E-state index contributed by atoms with van der Waals surface area (Å²) in [6, 6.07) is 0. The average molecular weight is 525 g/mol. The third-order valence-electron chi connectivity index (χ3n) is 6.40. The zero-order chi connectivity index (χ0) is 27.6. The quantitative estimate of drug-likeness (QED) is 0.0606. The first-order chi connectivity index (χ1) is 18.8. The van der Waals surface area contributed by atoms with E-state index < -0.39 is 0 Å². The van der Waals surface area contributed by atoms with Gasteiger partial charge in [0.05, 0.1) is 6.61 Å². The predicted molar refractivity (Wildman–Crippen MR) is 169 cm³/mol. The molecule has 0 fully saturated rings. The number of esters is 1. The Morgan fingerprint density at radius 3 is 1.18 bits per heavy atom. The lowest BCUT2D eigenvalue weighted by Gasteiger charge is -2.03. The van der Waals surface area contributed by atoms with Crippen LogP contribution in [-0.4, -0.2) is 12.6 Å². The van der Waals surface area contributed by atoms with Crippen molar-refractivity contribution >= 4 is 5.97 Å². The van der Waals surface area contributed by atoms with Crippen molar-refractivity contribution in [3.8, 4) is 0 Å². The minimum Gasteiger partial charge on any atom is -0.466 e. The molecule has 0 N–H and O–H groups in total. The van der Waals surface area contributed by atoms with E-state index in [2.05, 4.69) is 79.8 Å². The number of hydrogen-bond acceptors (Lipinski definition) is 2. The van der Waals surface area contributed by atoms with Crippen LogP contribution in [0.25, 0.3) is 0 Å². The molecule has 0 atom stereocenters. The van der Waals surface area contributed by atoms with Crippen molar-refractivity contribution in [3.63, 3.8) is 0 Å². The van der Waals surface area contributed by atoms with E-state index >= 15 is 0 Å². The molecule has 0 aliphatic rings. The minimum absolute atomic E-state index is 0.0372. The molecule has 0 saturated heterocycles. The van der Waals surface area contributed by atoms with E-state index in [1.165, 1.54) is 70.6 Å². The van der Waals surface area contributed by atoms with Crippen molar-refractivity contribution in [2.24, 2.45) is 0 Å². The summed E-state index contributed by atoms with van der Waals surface area (Å²) in [4.78, 5) is 11.3. The van der Waals surface area contributed by atoms with Gasteiger partial charge in [0, 0.05) is 6.42 Å². The van der Waals surface area contributed by atoms with Gasteiger partial charge < -0.3 is 4.74 Å². The van der Waals surface area contributed by atoms with Crippen molar-refractivity contribution in [3.05, 3.63) is 72.9 Å². The number of unbranched alkanes of at least 4 members (excludes halogenated alkanes) is 12. The standard InChI is InChI=1S/C36H60O2/c1-3-5-6-7-8-9-10-11-12-13-14-15-16-17-18-19-20-21-22-23-24-25-26-27-28-29-30-31-32-33-34-35-36(37)38-4-2/h5-6,8-9,11-12,14-15,17-18,20-21H,3-4,7,10,13,16,19,22-35H2,1-2H3/b6-5-,9-8-,12-11-,15-14-,18-17-,21-20-. The highest BCUT2D eigenvalue weighted by Crippen LogP contribution is 2.13. The molecule has 0 bridgehead atoms. The van der Waals surface area contributed by atoms with Gasteiger partial charge in [-0.3, -0.25) is 4.79 Å². The summed E-state index contributed by atoms with van der Waals surface area (Å²) in [7, 11) is 0. The van der Waals surface area contributed by atoms with Gasteiger partial charge in [-0.1, -0.05) is 144 Å². The molecule has 0 saturated carbocycles. The molecular weight excluding hydrogens is 464 g/mol. The molecule has 0 spiro atoms. The Hall–Kier alpha value is -2.09. The van der Waals surface area contributed by atoms with Gasteiger partial charge in [0.15, 0.2) is 0 Å². The highest BCUT2D eigenvalue weighted by atomic mass is 16.5. The normalized spacial score (nSPS) is 12.6. The fourth-order valence-electron chi connectivity index (χ4n) is 4.17. The summed E-state index contributed by atoms with van der Waals surface area (Å²) in [5, 5.41) is 0. The van der Waals surface area contributed by atoms with Crippen molar-refractivity contribution in [1.29, 1.82) is 0 Å². The Kier molecular flexibility index (Phi) is 31.1. The topological polar surface area (TPSA) is 26.3 Å². The second kappa shape index (κ2) is 32.9. The molecule has 0 aromatic rings. The number of ether oxygens (including phenoxy) is 1. The first kappa shape index (κ1) is 35.9. The third kappa shape index (κ3) is 31.9. The van der Waals surface area contributed by atoms with Crippen LogP contribution in [0.15, 0.2) is 72.9 Å². The molecule has 38 heavy (non-hydrogen) atoms. The lowest BCUT2D eigenvalue weighted by Crippen LogP contribution is -2.03. The molecule has 216 valence electrons. The van der Waals surface area contributed by atoms with E-state index in [1.807, 2.05) is 6.92 Å². The summed E-state index contributed by atoms with van der Waals surface area (Å²) in [5.74, 6) is -0.0372. The Balaban J connectivity index is 3.33. The van der Waals surface area contributed by atoms with Gasteiger partial charge >= 0.3 is 5.97 Å². The number of carbonyl (C=O) groups excluding carboxylic acids is 1. The third-order valence-corrected chi connectivity index (χ3v) is 6.40. The monoisotopic (exact) mass is 524 g/mol. The predicted octanol–water partition coefficient (Wildman–Crippen LogP) is 11.7. The number of rotatable bonds is 27. The zero-order valence-electron chi connectivity index (χ0n) is 25.1. The van der Waals surface area contributed by atoms with Crippen LogP contribution < -0.4 is 0 Å². The van der Waals surface area contributed by atoms with Crippen LogP contribution >= 0.6 is 0 Å². The molecule has 0 aromatic carbocycles. The molecule has 0 radical (unpaired) electrons. The molecule has 0 aromatic heterocycles. The van der Waals surface area contributed by atoms with Crippen molar-refractivity contribution in [2.45, 2.75) is 142 Å². The van der Waals surface area contributed by atoms with E-state index in [1.54, 1.807) is 0 Å². The maximum atomic E-state index is 11.3. The second-order valence-electron chi connectivity index (χ2n) is 10.0. The van der Waals surface area contributed by atoms with E-state index in [9.17, 15) is 4.79 Å². The van der Waals surface area contributed by atoms with Crippen molar-refractivity contribution in [2.75, 3.05) is 6.61 Å². The van der Waals surface area contributed by atoms with Gasteiger partial charge in [-0.05, 0) is 64.7 Å². The summed E-state index contributed by atoms with van der Waals surface area (Å²) in [6.45, 7) is 4.54.